The molecule has 3 rings (SSSR count). The minimum atomic E-state index is -2.97. The Kier molecular flexibility index (Phi) is 3.65. The number of hydrogen-bond donors (Lipinski definition) is 0. The third-order valence-electron chi connectivity index (χ3n) is 4.46. The number of sulfone groups is 1. The van der Waals surface area contributed by atoms with E-state index >= 15 is 0 Å². The van der Waals surface area contributed by atoms with Crippen molar-refractivity contribution in [3.05, 3.63) is 35.4 Å². The first-order valence-electron chi connectivity index (χ1n) is 7.25. The van der Waals surface area contributed by atoms with E-state index in [1.807, 2.05) is 17.0 Å². The Labute approximate surface area is 125 Å². The van der Waals surface area contributed by atoms with E-state index in [2.05, 4.69) is 12.1 Å². The van der Waals surface area contributed by atoms with Crippen molar-refractivity contribution in [3.63, 3.8) is 0 Å². The summed E-state index contributed by atoms with van der Waals surface area (Å²) >= 11 is 0. The first-order chi connectivity index (χ1) is 9.96. The van der Waals surface area contributed by atoms with Gasteiger partial charge in [-0.15, -0.1) is 0 Å². The van der Waals surface area contributed by atoms with Gasteiger partial charge in [0.25, 0.3) is 0 Å². The second kappa shape index (κ2) is 5.33. The number of amides is 2. The number of carbonyl (C=O) groups is 1. The maximum atomic E-state index is 12.6. The standard InChI is InChI=1S/C15H20N2O3S/c1-16(14-7-9-21(19,20)11-14)15(18)17-8-6-12-4-2-3-5-13(12)10-17/h2-5,14H,6-11H2,1H3. The maximum absolute atomic E-state index is 12.6. The molecule has 0 aliphatic carbocycles. The van der Waals surface area contributed by atoms with E-state index < -0.39 is 9.84 Å². The van der Waals surface area contributed by atoms with Gasteiger partial charge in [0.1, 0.15) is 0 Å². The quantitative estimate of drug-likeness (QED) is 0.785. The summed E-state index contributed by atoms with van der Waals surface area (Å²) in [5, 5.41) is 0. The lowest BCUT2D eigenvalue weighted by Gasteiger charge is -2.34. The van der Waals surface area contributed by atoms with Crippen LogP contribution in [0, 0.1) is 0 Å². The lowest BCUT2D eigenvalue weighted by atomic mass is 10.0. The van der Waals surface area contributed by atoms with E-state index in [9.17, 15) is 13.2 Å². The van der Waals surface area contributed by atoms with Gasteiger partial charge in [-0.25, -0.2) is 13.2 Å². The van der Waals surface area contributed by atoms with Crippen molar-refractivity contribution in [2.24, 2.45) is 0 Å². The average molecular weight is 308 g/mol. The Morgan fingerprint density at radius 3 is 2.67 bits per heavy atom. The molecule has 5 nitrogen and oxygen atoms in total. The summed E-state index contributed by atoms with van der Waals surface area (Å²) in [5.41, 5.74) is 2.48. The van der Waals surface area contributed by atoms with Crippen molar-refractivity contribution in [1.82, 2.24) is 9.80 Å². The predicted molar refractivity (Wildman–Crippen MR) is 80.8 cm³/mol. The molecule has 1 unspecified atom stereocenters. The van der Waals surface area contributed by atoms with E-state index in [0.717, 1.165) is 6.42 Å². The highest BCUT2D eigenvalue weighted by atomic mass is 32.2. The largest absolute Gasteiger partial charge is 0.324 e. The first-order valence-corrected chi connectivity index (χ1v) is 9.07. The first kappa shape index (κ1) is 14.4. The fraction of sp³-hybridized carbons (Fsp3) is 0.533. The van der Waals surface area contributed by atoms with Gasteiger partial charge in [0.05, 0.1) is 11.5 Å². The fourth-order valence-electron chi connectivity index (χ4n) is 3.12. The van der Waals surface area contributed by atoms with E-state index in [4.69, 9.17) is 0 Å². The third-order valence-corrected chi connectivity index (χ3v) is 6.21. The topological polar surface area (TPSA) is 57.7 Å². The minimum Gasteiger partial charge on any atom is -0.324 e. The van der Waals surface area contributed by atoms with E-state index in [1.165, 1.54) is 11.1 Å². The zero-order chi connectivity index (χ0) is 15.0. The highest BCUT2D eigenvalue weighted by Gasteiger charge is 2.34. The van der Waals surface area contributed by atoms with Gasteiger partial charge in [-0.3, -0.25) is 0 Å². The molecule has 1 fully saturated rings. The van der Waals surface area contributed by atoms with Gasteiger partial charge in [0.15, 0.2) is 9.84 Å². The van der Waals surface area contributed by atoms with Crippen LogP contribution in [0.4, 0.5) is 4.79 Å². The molecule has 114 valence electrons. The van der Waals surface area contributed by atoms with Gasteiger partial charge in [-0.1, -0.05) is 24.3 Å². The van der Waals surface area contributed by atoms with Crippen molar-refractivity contribution < 1.29 is 13.2 Å². The molecule has 1 saturated heterocycles. The van der Waals surface area contributed by atoms with Crippen LogP contribution in [0.15, 0.2) is 24.3 Å². The van der Waals surface area contributed by atoms with Crippen LogP contribution in [-0.2, 0) is 22.8 Å². The lowest BCUT2D eigenvalue weighted by Crippen LogP contribution is -2.48. The molecular formula is C15H20N2O3S. The molecule has 1 aromatic rings. The molecule has 1 atom stereocenters. The smallest absolute Gasteiger partial charge is 0.320 e. The van der Waals surface area contributed by atoms with Crippen LogP contribution >= 0.6 is 0 Å². The minimum absolute atomic E-state index is 0.0633. The zero-order valence-corrected chi connectivity index (χ0v) is 13.0. The van der Waals surface area contributed by atoms with Crippen LogP contribution in [-0.4, -0.2) is 55.4 Å². The number of nitrogens with zero attached hydrogens (tertiary/aromatic N) is 2. The van der Waals surface area contributed by atoms with Gasteiger partial charge in [-0.2, -0.15) is 0 Å². The normalized spacial score (nSPS) is 23.7. The van der Waals surface area contributed by atoms with Crippen LogP contribution in [0.3, 0.4) is 0 Å². The highest BCUT2D eigenvalue weighted by molar-refractivity contribution is 7.91. The summed E-state index contributed by atoms with van der Waals surface area (Å²) in [6.45, 7) is 1.30. The van der Waals surface area contributed by atoms with Crippen molar-refractivity contribution in [2.45, 2.75) is 25.4 Å². The molecule has 1 aromatic carbocycles. The van der Waals surface area contributed by atoms with Gasteiger partial charge in [0, 0.05) is 26.2 Å². The Balaban J connectivity index is 1.69. The molecule has 0 aromatic heterocycles. The molecule has 2 aliphatic rings. The van der Waals surface area contributed by atoms with Crippen LogP contribution in [0.5, 0.6) is 0 Å². The highest BCUT2D eigenvalue weighted by Crippen LogP contribution is 2.22. The second-order valence-corrected chi connectivity index (χ2v) is 8.12. The van der Waals surface area contributed by atoms with Crippen LogP contribution in [0.1, 0.15) is 17.5 Å². The molecule has 2 amide bonds. The Morgan fingerprint density at radius 2 is 2.00 bits per heavy atom. The summed E-state index contributed by atoms with van der Waals surface area (Å²) in [4.78, 5) is 16.0. The summed E-state index contributed by atoms with van der Waals surface area (Å²) in [5.74, 6) is 0.289. The Hall–Kier alpha value is -1.56. The third kappa shape index (κ3) is 2.90. The maximum Gasteiger partial charge on any atom is 0.320 e. The molecule has 6 heteroatoms. The number of rotatable bonds is 1. The molecular weight excluding hydrogens is 288 g/mol. The van der Waals surface area contributed by atoms with Gasteiger partial charge >= 0.3 is 6.03 Å². The number of hydrogen-bond acceptors (Lipinski definition) is 3. The summed E-state index contributed by atoms with van der Waals surface area (Å²) in [6.07, 6.45) is 1.41. The van der Waals surface area contributed by atoms with Crippen LogP contribution in [0.25, 0.3) is 0 Å². The van der Waals surface area contributed by atoms with Crippen molar-refractivity contribution in [1.29, 1.82) is 0 Å². The SMILES string of the molecule is CN(C(=O)N1CCc2ccccc2C1)C1CCS(=O)(=O)C1. The van der Waals surface area contributed by atoms with Crippen molar-refractivity contribution in [2.75, 3.05) is 25.1 Å². The Morgan fingerprint density at radius 1 is 1.29 bits per heavy atom. The zero-order valence-electron chi connectivity index (χ0n) is 12.2. The van der Waals surface area contributed by atoms with Crippen LogP contribution in [0.2, 0.25) is 0 Å². The number of benzene rings is 1. The molecule has 0 spiro atoms. The van der Waals surface area contributed by atoms with Crippen LogP contribution < -0.4 is 0 Å². The van der Waals surface area contributed by atoms with Gasteiger partial charge in [0.2, 0.25) is 0 Å². The van der Waals surface area contributed by atoms with Gasteiger partial charge in [-0.05, 0) is 24.0 Å². The molecule has 21 heavy (non-hydrogen) atoms. The number of urea groups is 1. The summed E-state index contributed by atoms with van der Waals surface area (Å²) in [7, 11) is -1.25. The molecule has 0 radical (unpaired) electrons. The molecule has 0 bridgehead atoms. The molecule has 2 heterocycles. The summed E-state index contributed by atoms with van der Waals surface area (Å²) < 4.78 is 23.1. The predicted octanol–water partition coefficient (Wildman–Crippen LogP) is 1.28. The fourth-order valence-corrected chi connectivity index (χ4v) is 4.89. The van der Waals surface area contributed by atoms with E-state index in [1.54, 1.807) is 11.9 Å². The monoisotopic (exact) mass is 308 g/mol. The van der Waals surface area contributed by atoms with E-state index in [0.29, 0.717) is 19.5 Å². The van der Waals surface area contributed by atoms with Gasteiger partial charge < -0.3 is 9.80 Å². The van der Waals surface area contributed by atoms with Crippen molar-refractivity contribution >= 4 is 15.9 Å². The number of carbonyl (C=O) groups excluding carboxylic acids is 1. The average Bonchev–Trinajstić information content (AvgIpc) is 2.85. The summed E-state index contributed by atoms with van der Waals surface area (Å²) in [6, 6.07) is 7.91. The molecule has 0 N–H and O–H groups in total. The molecule has 0 saturated carbocycles. The molecule has 2 aliphatic heterocycles. The number of fused-ring (bicyclic) bond motifs is 1. The second-order valence-electron chi connectivity index (χ2n) is 5.89. The Bertz CT molecular complexity index is 657. The van der Waals surface area contributed by atoms with E-state index in [-0.39, 0.29) is 23.6 Å². The lowest BCUT2D eigenvalue weighted by molar-refractivity contribution is 0.145. The van der Waals surface area contributed by atoms with Crippen molar-refractivity contribution in [3.8, 4) is 0 Å².